The average Bonchev–Trinajstić information content (AvgIpc) is 3.39. The van der Waals surface area contributed by atoms with Crippen LogP contribution in [0.5, 0.6) is 0 Å². The Bertz CT molecular complexity index is 2380. The zero-order valence-electron chi connectivity index (χ0n) is 27.6. The Balaban J connectivity index is 1.49. The van der Waals surface area contributed by atoms with Crippen LogP contribution in [-0.4, -0.2) is 12.5 Å². The fourth-order valence-electron chi connectivity index (χ4n) is 7.65. The van der Waals surface area contributed by atoms with E-state index in [0.717, 1.165) is 22.7 Å². The third-order valence-corrected chi connectivity index (χ3v) is 12.7. The second-order valence-corrected chi connectivity index (χ2v) is 16.5. The van der Waals surface area contributed by atoms with Crippen LogP contribution < -0.4 is 9.80 Å². The van der Waals surface area contributed by atoms with Gasteiger partial charge in [-0.2, -0.15) is 10.0 Å². The molecule has 0 aliphatic carbocycles. The number of anilines is 6. The van der Waals surface area contributed by atoms with Gasteiger partial charge in [-0.25, -0.2) is 0 Å². The minimum absolute atomic E-state index is 1.13. The van der Waals surface area contributed by atoms with Crippen LogP contribution in [0.1, 0.15) is 0 Å². The van der Waals surface area contributed by atoms with Gasteiger partial charge < -0.3 is 9.80 Å². The molecule has 49 heavy (non-hydrogen) atoms. The largest absolute Gasteiger partial charge is 0.309 e. The molecule has 236 valence electrons. The van der Waals surface area contributed by atoms with Crippen LogP contribution in [0.25, 0.3) is 32.7 Å². The highest BCUT2D eigenvalue weighted by atomic mass is 32.3. The van der Waals surface area contributed by atoms with Crippen molar-refractivity contribution in [3.63, 3.8) is 0 Å². The quantitative estimate of drug-likeness (QED) is 0.131. The van der Waals surface area contributed by atoms with E-state index in [4.69, 9.17) is 0 Å². The summed E-state index contributed by atoms with van der Waals surface area (Å²) >= 11 is 0. The molecule has 0 spiro atoms. The number of nitrogens with zero attached hydrogens (tertiary/aromatic N) is 2. The first kappa shape index (κ1) is 29.4. The molecule has 1 aliphatic heterocycles. The third-order valence-electron chi connectivity index (χ3n) is 9.85. The van der Waals surface area contributed by atoms with Gasteiger partial charge in [-0.1, -0.05) is 115 Å². The smallest absolute Gasteiger partial charge is 0.0620 e. The van der Waals surface area contributed by atoms with E-state index < -0.39 is 10.0 Å². The molecule has 0 bridgehead atoms. The Morgan fingerprint density at radius 1 is 0.327 bits per heavy atom. The molecule has 0 saturated carbocycles. The van der Waals surface area contributed by atoms with Crippen molar-refractivity contribution in [3.8, 4) is 11.1 Å². The molecule has 0 unspecified atom stereocenters. The van der Waals surface area contributed by atoms with Crippen molar-refractivity contribution in [2.45, 2.75) is 9.79 Å². The predicted octanol–water partition coefficient (Wildman–Crippen LogP) is 13.4. The lowest BCUT2D eigenvalue weighted by Crippen LogP contribution is -2.14. The van der Waals surface area contributed by atoms with Gasteiger partial charge >= 0.3 is 0 Å². The molecular formula is C46H36N2S. The van der Waals surface area contributed by atoms with Crippen LogP contribution in [0.4, 0.5) is 34.1 Å². The van der Waals surface area contributed by atoms with Crippen molar-refractivity contribution in [2.75, 3.05) is 22.3 Å². The van der Waals surface area contributed by atoms with Crippen molar-refractivity contribution in [1.29, 1.82) is 0 Å². The third kappa shape index (κ3) is 4.73. The maximum atomic E-state index is 2.54. The topological polar surface area (TPSA) is 6.48 Å². The van der Waals surface area contributed by atoms with E-state index in [0.29, 0.717) is 0 Å². The zero-order valence-corrected chi connectivity index (χ0v) is 28.4. The summed E-state index contributed by atoms with van der Waals surface area (Å²) in [6, 6.07) is 66.3. The van der Waals surface area contributed by atoms with Crippen LogP contribution in [0, 0.1) is 0 Å². The van der Waals surface area contributed by atoms with Gasteiger partial charge in [0.15, 0.2) is 0 Å². The van der Waals surface area contributed by atoms with E-state index in [1.165, 1.54) is 53.8 Å². The highest BCUT2D eigenvalue weighted by Crippen LogP contribution is 2.68. The molecule has 1 heterocycles. The standard InChI is InChI=1S/C46H36N2S/c1-49(2)43-30-18-17-27-37(43)40-31-41-42(32-44(40)49)46(48(35-23-11-5-12-24-35)36-25-13-6-14-26-36)39-29-16-15-28-38(39)45(41)47(33-19-7-3-8-20-33)34-21-9-4-10-22-34/h3-32H,1-2H3. The van der Waals surface area contributed by atoms with Gasteiger partial charge in [-0.15, -0.1) is 0 Å². The first-order valence-electron chi connectivity index (χ1n) is 16.8. The molecule has 0 radical (unpaired) electrons. The molecule has 0 atom stereocenters. The number of benzene rings is 8. The summed E-state index contributed by atoms with van der Waals surface area (Å²) in [6.45, 7) is 0. The van der Waals surface area contributed by atoms with Crippen molar-refractivity contribution >= 4 is 65.7 Å². The van der Waals surface area contributed by atoms with Gasteiger partial charge in [0, 0.05) is 54.1 Å². The number of para-hydroxylation sites is 4. The van der Waals surface area contributed by atoms with Gasteiger partial charge in [-0.05, 0) is 90.4 Å². The molecule has 8 aromatic rings. The van der Waals surface area contributed by atoms with E-state index in [1.54, 1.807) is 0 Å². The predicted molar refractivity (Wildman–Crippen MR) is 212 cm³/mol. The van der Waals surface area contributed by atoms with E-state index in [9.17, 15) is 0 Å². The first-order chi connectivity index (χ1) is 24.1. The summed E-state index contributed by atoms with van der Waals surface area (Å²) in [4.78, 5) is 7.81. The number of rotatable bonds is 6. The summed E-state index contributed by atoms with van der Waals surface area (Å²) in [5, 5.41) is 4.87. The van der Waals surface area contributed by atoms with Crippen LogP contribution in [-0.2, 0) is 0 Å². The van der Waals surface area contributed by atoms with E-state index in [-0.39, 0.29) is 0 Å². The highest BCUT2D eigenvalue weighted by molar-refractivity contribution is 8.33. The van der Waals surface area contributed by atoms with Gasteiger partial charge in [0.25, 0.3) is 0 Å². The summed E-state index contributed by atoms with van der Waals surface area (Å²) in [5.41, 5.74) is 9.60. The van der Waals surface area contributed by atoms with Crippen molar-refractivity contribution in [1.82, 2.24) is 0 Å². The molecule has 0 amide bonds. The average molecular weight is 649 g/mol. The van der Waals surface area contributed by atoms with Gasteiger partial charge in [0.2, 0.25) is 0 Å². The number of hydrogen-bond donors (Lipinski definition) is 0. The number of fused-ring (bicyclic) bond motifs is 5. The monoisotopic (exact) mass is 648 g/mol. The van der Waals surface area contributed by atoms with Crippen LogP contribution in [0.2, 0.25) is 0 Å². The molecule has 8 aromatic carbocycles. The maximum Gasteiger partial charge on any atom is 0.0620 e. The minimum Gasteiger partial charge on any atom is -0.309 e. The van der Waals surface area contributed by atoms with E-state index in [2.05, 4.69) is 204 Å². The molecular weight excluding hydrogens is 613 g/mol. The van der Waals surface area contributed by atoms with E-state index in [1.807, 2.05) is 0 Å². The lowest BCUT2D eigenvalue weighted by Gasteiger charge is -2.34. The molecule has 0 fully saturated rings. The Hall–Kier alpha value is -5.77. The molecule has 2 nitrogen and oxygen atoms in total. The van der Waals surface area contributed by atoms with Gasteiger partial charge in [0.05, 0.1) is 11.4 Å². The lowest BCUT2D eigenvalue weighted by molar-refractivity contribution is 1.29. The Kier molecular flexibility index (Phi) is 7.03. The van der Waals surface area contributed by atoms with Gasteiger partial charge in [0.1, 0.15) is 0 Å². The summed E-state index contributed by atoms with van der Waals surface area (Å²) in [5.74, 6) is 0. The Morgan fingerprint density at radius 3 is 1.14 bits per heavy atom. The van der Waals surface area contributed by atoms with Crippen molar-refractivity contribution in [3.05, 3.63) is 182 Å². The highest BCUT2D eigenvalue weighted by Gasteiger charge is 2.34. The molecule has 9 rings (SSSR count). The minimum atomic E-state index is -1.25. The first-order valence-corrected chi connectivity index (χ1v) is 19.2. The van der Waals surface area contributed by atoms with Gasteiger partial charge in [-0.3, -0.25) is 0 Å². The summed E-state index contributed by atoms with van der Waals surface area (Å²) in [7, 11) is -1.25. The summed E-state index contributed by atoms with van der Waals surface area (Å²) in [6.07, 6.45) is 4.91. The van der Waals surface area contributed by atoms with Crippen molar-refractivity contribution in [2.24, 2.45) is 0 Å². The zero-order chi connectivity index (χ0) is 33.0. The molecule has 0 N–H and O–H groups in total. The van der Waals surface area contributed by atoms with E-state index >= 15 is 0 Å². The number of hydrogen-bond acceptors (Lipinski definition) is 2. The maximum absolute atomic E-state index is 2.54. The normalized spacial score (nSPS) is 13.5. The molecule has 0 saturated heterocycles. The SMILES string of the molecule is CS1(C)c2ccccc2-c2cc3c(N(c4ccccc4)c4ccccc4)c4ccccc4c(N(c4ccccc4)c4ccccc4)c3cc21. The second kappa shape index (κ2) is 11.7. The second-order valence-electron chi connectivity index (χ2n) is 13.0. The lowest BCUT2D eigenvalue weighted by atomic mass is 9.92. The Morgan fingerprint density at radius 2 is 0.694 bits per heavy atom. The van der Waals surface area contributed by atoms with Crippen molar-refractivity contribution < 1.29 is 0 Å². The van der Waals surface area contributed by atoms with Crippen LogP contribution >= 0.6 is 10.0 Å². The fraction of sp³-hybridized carbons (Fsp3) is 0.0435. The van der Waals surface area contributed by atoms with Crippen LogP contribution in [0.3, 0.4) is 0 Å². The molecule has 0 aromatic heterocycles. The summed E-state index contributed by atoms with van der Waals surface area (Å²) < 4.78 is 0. The Labute approximate surface area is 289 Å². The fourth-order valence-corrected chi connectivity index (χ4v) is 10.2. The molecule has 3 heteroatoms. The molecule has 1 aliphatic rings. The van der Waals surface area contributed by atoms with Crippen LogP contribution in [0.15, 0.2) is 192 Å².